The Morgan fingerprint density at radius 2 is 1.75 bits per heavy atom. The molecular formula is C31H37N5O4. The van der Waals surface area contributed by atoms with Gasteiger partial charge in [-0.1, -0.05) is 60.7 Å². The number of nitrogens with one attached hydrogen (secondary N) is 1. The SMILES string of the molecule is O=C(N1CCC(O)(Cn2cnc(-c3ccccc3)cc2=O)C2(CCOCC2)C1)N1CCNC[C@H]1c1ccccc1. The minimum atomic E-state index is -1.17. The van der Waals surface area contributed by atoms with E-state index in [4.69, 9.17) is 4.74 Å². The van der Waals surface area contributed by atoms with Crippen molar-refractivity contribution in [1.29, 1.82) is 0 Å². The molecule has 9 nitrogen and oxygen atoms in total. The Balaban J connectivity index is 1.24. The normalized spacial score (nSPS) is 24.7. The number of hydrogen-bond donors (Lipinski definition) is 2. The highest BCUT2D eigenvalue weighted by Crippen LogP contribution is 2.47. The first-order valence-electron chi connectivity index (χ1n) is 14.2. The topological polar surface area (TPSA) is 99.9 Å². The zero-order chi connectivity index (χ0) is 27.6. The minimum absolute atomic E-state index is 0.00863. The highest BCUT2D eigenvalue weighted by atomic mass is 16.5. The van der Waals surface area contributed by atoms with Gasteiger partial charge in [0.2, 0.25) is 0 Å². The number of amides is 2. The van der Waals surface area contributed by atoms with E-state index in [1.807, 2.05) is 58.3 Å². The van der Waals surface area contributed by atoms with Crippen LogP contribution in [0.15, 0.2) is 77.9 Å². The van der Waals surface area contributed by atoms with E-state index in [-0.39, 0.29) is 24.2 Å². The van der Waals surface area contributed by atoms with Crippen molar-refractivity contribution in [2.75, 3.05) is 45.9 Å². The number of benzene rings is 2. The van der Waals surface area contributed by atoms with Crippen LogP contribution in [0.3, 0.4) is 0 Å². The number of aromatic nitrogens is 2. The van der Waals surface area contributed by atoms with Crippen LogP contribution in [0.2, 0.25) is 0 Å². The van der Waals surface area contributed by atoms with Gasteiger partial charge in [-0.05, 0) is 24.8 Å². The van der Waals surface area contributed by atoms with Crippen molar-refractivity contribution in [2.24, 2.45) is 5.41 Å². The third kappa shape index (κ3) is 5.05. The number of ether oxygens (including phenoxy) is 1. The van der Waals surface area contributed by atoms with Crippen molar-refractivity contribution < 1.29 is 14.6 Å². The Hall–Kier alpha value is -3.53. The van der Waals surface area contributed by atoms with Crippen LogP contribution in [0.4, 0.5) is 4.79 Å². The van der Waals surface area contributed by atoms with Crippen LogP contribution in [-0.2, 0) is 11.3 Å². The maximum atomic E-state index is 14.0. The lowest BCUT2D eigenvalue weighted by atomic mass is 9.63. The monoisotopic (exact) mass is 543 g/mol. The second-order valence-corrected chi connectivity index (χ2v) is 11.3. The molecule has 1 unspecified atom stereocenters. The molecule has 9 heteroatoms. The van der Waals surface area contributed by atoms with Gasteiger partial charge in [0.1, 0.15) is 0 Å². The zero-order valence-electron chi connectivity index (χ0n) is 22.7. The first-order chi connectivity index (χ1) is 19.5. The van der Waals surface area contributed by atoms with Crippen molar-refractivity contribution in [2.45, 2.75) is 37.5 Å². The van der Waals surface area contributed by atoms with E-state index in [0.717, 1.165) is 17.7 Å². The molecule has 2 amide bonds. The molecule has 2 aromatic carbocycles. The lowest BCUT2D eigenvalue weighted by Gasteiger charge is -2.56. The van der Waals surface area contributed by atoms with Gasteiger partial charge >= 0.3 is 6.03 Å². The van der Waals surface area contributed by atoms with E-state index < -0.39 is 11.0 Å². The fourth-order valence-corrected chi connectivity index (χ4v) is 6.65. The van der Waals surface area contributed by atoms with Gasteiger partial charge in [-0.15, -0.1) is 0 Å². The summed E-state index contributed by atoms with van der Waals surface area (Å²) in [7, 11) is 0. The van der Waals surface area contributed by atoms with E-state index in [1.54, 1.807) is 6.33 Å². The van der Waals surface area contributed by atoms with Gasteiger partial charge in [-0.25, -0.2) is 9.78 Å². The van der Waals surface area contributed by atoms with Crippen LogP contribution in [0.1, 0.15) is 30.9 Å². The summed E-state index contributed by atoms with van der Waals surface area (Å²) in [5, 5.41) is 15.7. The fourth-order valence-electron chi connectivity index (χ4n) is 6.65. The zero-order valence-corrected chi connectivity index (χ0v) is 22.7. The number of nitrogens with zero attached hydrogens (tertiary/aromatic N) is 4. The summed E-state index contributed by atoms with van der Waals surface area (Å²) < 4.78 is 7.22. The molecule has 4 heterocycles. The minimum Gasteiger partial charge on any atom is -0.387 e. The first kappa shape index (κ1) is 26.7. The van der Waals surface area contributed by atoms with E-state index in [9.17, 15) is 14.7 Å². The molecule has 2 atom stereocenters. The predicted octanol–water partition coefficient (Wildman–Crippen LogP) is 2.91. The lowest BCUT2D eigenvalue weighted by molar-refractivity contribution is -0.174. The van der Waals surface area contributed by atoms with Crippen molar-refractivity contribution in [3.8, 4) is 11.3 Å². The van der Waals surface area contributed by atoms with Crippen LogP contribution >= 0.6 is 0 Å². The quantitative estimate of drug-likeness (QED) is 0.525. The molecule has 210 valence electrons. The average Bonchev–Trinajstić information content (AvgIpc) is 3.01. The van der Waals surface area contributed by atoms with Crippen LogP contribution in [0, 0.1) is 5.41 Å². The third-order valence-corrected chi connectivity index (χ3v) is 9.05. The highest BCUT2D eigenvalue weighted by molar-refractivity contribution is 5.75. The molecule has 1 spiro atoms. The molecule has 3 aliphatic rings. The number of carbonyl (C=O) groups is 1. The number of hydrogen-bond acceptors (Lipinski definition) is 6. The van der Waals surface area contributed by atoms with Crippen LogP contribution in [-0.4, -0.2) is 82.0 Å². The molecule has 3 aliphatic heterocycles. The summed E-state index contributed by atoms with van der Waals surface area (Å²) in [5.41, 5.74) is 0.652. The van der Waals surface area contributed by atoms with Gasteiger partial charge in [0, 0.05) is 63.0 Å². The standard InChI is InChI=1S/C31H37N5O4/c37-28-19-26(24-7-3-1-4-8-24)33-23-35(28)22-31(39)11-15-34(21-30(31)12-17-40-18-13-30)29(38)36-16-14-32-20-27(36)25-9-5-2-6-10-25/h1-10,19,23,27,32,39H,11-18,20-22H2/t27-,31?/m0/s1. The molecule has 3 fully saturated rings. The summed E-state index contributed by atoms with van der Waals surface area (Å²) in [4.78, 5) is 35.6. The Kier molecular flexibility index (Phi) is 7.44. The summed E-state index contributed by atoms with van der Waals surface area (Å²) >= 11 is 0. The second-order valence-electron chi connectivity index (χ2n) is 11.3. The molecule has 3 aromatic rings. The molecule has 0 aliphatic carbocycles. The molecule has 0 radical (unpaired) electrons. The number of likely N-dealkylation sites (tertiary alicyclic amines) is 1. The van der Waals surface area contributed by atoms with Crippen LogP contribution < -0.4 is 10.9 Å². The van der Waals surface area contributed by atoms with Gasteiger partial charge in [-0.3, -0.25) is 9.36 Å². The lowest BCUT2D eigenvalue weighted by Crippen LogP contribution is -2.66. The number of piperazine rings is 1. The predicted molar refractivity (Wildman–Crippen MR) is 152 cm³/mol. The largest absolute Gasteiger partial charge is 0.387 e. The van der Waals surface area contributed by atoms with Crippen molar-refractivity contribution in [3.05, 3.63) is 89.0 Å². The van der Waals surface area contributed by atoms with Gasteiger partial charge in [0.15, 0.2) is 0 Å². The number of rotatable bonds is 4. The number of aliphatic hydroxyl groups is 1. The van der Waals surface area contributed by atoms with E-state index in [1.165, 1.54) is 10.6 Å². The molecule has 3 saturated heterocycles. The molecule has 0 saturated carbocycles. The molecule has 2 N–H and O–H groups in total. The average molecular weight is 544 g/mol. The van der Waals surface area contributed by atoms with Gasteiger partial charge < -0.3 is 25.0 Å². The smallest absolute Gasteiger partial charge is 0.320 e. The second kappa shape index (κ2) is 11.2. The number of piperidine rings is 1. The maximum Gasteiger partial charge on any atom is 0.320 e. The van der Waals surface area contributed by atoms with Crippen molar-refractivity contribution >= 4 is 6.03 Å². The first-order valence-corrected chi connectivity index (χ1v) is 14.2. The number of carbonyl (C=O) groups excluding carboxylic acids is 1. The van der Waals surface area contributed by atoms with E-state index in [0.29, 0.717) is 64.3 Å². The fraction of sp³-hybridized carbons (Fsp3) is 0.452. The Morgan fingerprint density at radius 1 is 1.02 bits per heavy atom. The summed E-state index contributed by atoms with van der Waals surface area (Å²) in [6, 6.07) is 21.2. The van der Waals surface area contributed by atoms with E-state index >= 15 is 0 Å². The molecule has 40 heavy (non-hydrogen) atoms. The van der Waals surface area contributed by atoms with Gasteiger partial charge in [0.05, 0.1) is 30.2 Å². The third-order valence-electron chi connectivity index (χ3n) is 9.05. The van der Waals surface area contributed by atoms with Gasteiger partial charge in [-0.2, -0.15) is 0 Å². The molecule has 0 bridgehead atoms. The summed E-state index contributed by atoms with van der Waals surface area (Å²) in [5.74, 6) is 0. The summed E-state index contributed by atoms with van der Waals surface area (Å²) in [6.45, 7) is 4.12. The Morgan fingerprint density at radius 3 is 2.48 bits per heavy atom. The summed E-state index contributed by atoms with van der Waals surface area (Å²) in [6.07, 6.45) is 3.18. The van der Waals surface area contributed by atoms with E-state index in [2.05, 4.69) is 22.4 Å². The Labute approximate surface area is 234 Å². The van der Waals surface area contributed by atoms with Crippen LogP contribution in [0.25, 0.3) is 11.3 Å². The number of urea groups is 1. The molecule has 1 aromatic heterocycles. The van der Waals surface area contributed by atoms with Crippen LogP contribution in [0.5, 0.6) is 0 Å². The Bertz CT molecular complexity index is 1380. The van der Waals surface area contributed by atoms with Crippen molar-refractivity contribution in [3.63, 3.8) is 0 Å². The maximum absolute atomic E-state index is 14.0. The highest BCUT2D eigenvalue weighted by Gasteiger charge is 2.55. The van der Waals surface area contributed by atoms with Gasteiger partial charge in [0.25, 0.3) is 5.56 Å². The van der Waals surface area contributed by atoms with Crippen molar-refractivity contribution in [1.82, 2.24) is 24.7 Å². The molecule has 6 rings (SSSR count). The molecular weight excluding hydrogens is 506 g/mol.